The molecule has 0 aromatic rings. The van der Waals surface area contributed by atoms with Crippen molar-refractivity contribution in [2.45, 2.75) is 53.9 Å². The van der Waals surface area contributed by atoms with Crippen LogP contribution in [0, 0.1) is 29.1 Å². The van der Waals surface area contributed by atoms with Gasteiger partial charge in [0.15, 0.2) is 0 Å². The molecule has 0 aromatic heterocycles. The lowest BCUT2D eigenvalue weighted by atomic mass is 9.67. The third kappa shape index (κ3) is 6.22. The topological polar surface area (TPSA) is 20.2 Å². The zero-order valence-corrected chi connectivity index (χ0v) is 14.5. The third-order valence-corrected chi connectivity index (χ3v) is 4.77. The summed E-state index contributed by atoms with van der Waals surface area (Å²) in [6, 6.07) is 0. The van der Waals surface area contributed by atoms with Crippen LogP contribution in [0.3, 0.4) is 0 Å². The van der Waals surface area contributed by atoms with E-state index in [9.17, 15) is 0 Å². The van der Waals surface area contributed by atoms with Crippen LogP contribution < -0.4 is 0 Å². The third-order valence-electron chi connectivity index (χ3n) is 4.77. The summed E-state index contributed by atoms with van der Waals surface area (Å²) in [4.78, 5) is 0. The number of rotatable bonds is 7. The van der Waals surface area contributed by atoms with Crippen molar-refractivity contribution in [3.8, 4) is 0 Å². The molecule has 1 nitrogen and oxygen atoms in total. The van der Waals surface area contributed by atoms with E-state index in [-0.39, 0.29) is 0 Å². The molecule has 21 heavy (non-hydrogen) atoms. The van der Waals surface area contributed by atoms with Crippen molar-refractivity contribution in [1.82, 2.24) is 0 Å². The Hall–Kier alpha value is -0.820. The van der Waals surface area contributed by atoms with E-state index < -0.39 is 0 Å². The summed E-state index contributed by atoms with van der Waals surface area (Å²) in [6.45, 7) is 11.8. The molecule has 120 valence electrons. The van der Waals surface area contributed by atoms with Crippen LogP contribution in [0.15, 0.2) is 36.5 Å². The molecule has 0 bridgehead atoms. The van der Waals surface area contributed by atoms with Crippen molar-refractivity contribution < 1.29 is 5.11 Å². The molecular weight excluding hydrogens is 256 g/mol. The first-order chi connectivity index (χ1) is 9.86. The molecule has 0 aromatic carbocycles. The van der Waals surface area contributed by atoms with Gasteiger partial charge in [0.2, 0.25) is 0 Å². The summed E-state index contributed by atoms with van der Waals surface area (Å²) in [5.41, 5.74) is 0.365. The summed E-state index contributed by atoms with van der Waals surface area (Å²) in [5, 5.41) is 8.91. The first-order valence-corrected chi connectivity index (χ1v) is 8.49. The molecule has 0 heterocycles. The molecule has 0 amide bonds. The van der Waals surface area contributed by atoms with E-state index in [0.29, 0.717) is 35.7 Å². The molecule has 0 radical (unpaired) electrons. The number of hydrogen-bond donors (Lipinski definition) is 1. The second-order valence-electron chi connectivity index (χ2n) is 7.53. The minimum Gasteiger partial charge on any atom is -0.396 e. The predicted molar refractivity (Wildman–Crippen MR) is 93.1 cm³/mol. The lowest BCUT2D eigenvalue weighted by Gasteiger charge is -2.38. The SMILES string of the molecule is CC(C/C=C/[C@H](C)/C=C/C1[C@@H](C)C=CCC1(C)C)CCO. The van der Waals surface area contributed by atoms with E-state index in [1.807, 2.05) is 0 Å². The van der Waals surface area contributed by atoms with Crippen LogP contribution in [0.1, 0.15) is 53.9 Å². The van der Waals surface area contributed by atoms with Gasteiger partial charge in [0.05, 0.1) is 0 Å². The fraction of sp³-hybridized carbons (Fsp3) is 0.700. The molecule has 0 aliphatic heterocycles. The van der Waals surface area contributed by atoms with Gasteiger partial charge in [-0.25, -0.2) is 0 Å². The highest BCUT2D eigenvalue weighted by Gasteiger charge is 2.32. The highest BCUT2D eigenvalue weighted by Crippen LogP contribution is 2.41. The van der Waals surface area contributed by atoms with Crippen LogP contribution >= 0.6 is 0 Å². The summed E-state index contributed by atoms with van der Waals surface area (Å²) >= 11 is 0. The Morgan fingerprint density at radius 2 is 2.00 bits per heavy atom. The summed E-state index contributed by atoms with van der Waals surface area (Å²) in [7, 11) is 0. The average Bonchev–Trinajstić information content (AvgIpc) is 2.37. The Morgan fingerprint density at radius 1 is 1.29 bits per heavy atom. The van der Waals surface area contributed by atoms with Crippen LogP contribution in [0.25, 0.3) is 0 Å². The minimum absolute atomic E-state index is 0.298. The second-order valence-corrected chi connectivity index (χ2v) is 7.53. The summed E-state index contributed by atoms with van der Waals surface area (Å²) < 4.78 is 0. The van der Waals surface area contributed by atoms with Crippen molar-refractivity contribution in [3.05, 3.63) is 36.5 Å². The van der Waals surface area contributed by atoms with Gasteiger partial charge in [0.1, 0.15) is 0 Å². The number of aliphatic hydroxyl groups excluding tert-OH is 1. The lowest BCUT2D eigenvalue weighted by molar-refractivity contribution is 0.207. The van der Waals surface area contributed by atoms with Crippen molar-refractivity contribution >= 4 is 0 Å². The van der Waals surface area contributed by atoms with E-state index in [4.69, 9.17) is 5.11 Å². The standard InChI is InChI=1S/C20H34O/c1-16(8-6-9-17(2)13-15-21)11-12-19-18(3)10-7-14-20(19,4)5/h6-8,10-12,16-19,21H,9,13-15H2,1-5H3/b8-6+,12-11+/t16-,17?,18-,19?/m0/s1. The quantitative estimate of drug-likeness (QED) is 0.624. The van der Waals surface area contributed by atoms with Gasteiger partial charge in [0, 0.05) is 6.61 Å². The van der Waals surface area contributed by atoms with E-state index in [1.54, 1.807) is 0 Å². The van der Waals surface area contributed by atoms with Gasteiger partial charge in [-0.2, -0.15) is 0 Å². The molecule has 1 N–H and O–H groups in total. The normalized spacial score (nSPS) is 28.3. The molecule has 4 atom stereocenters. The maximum absolute atomic E-state index is 8.91. The largest absolute Gasteiger partial charge is 0.396 e. The van der Waals surface area contributed by atoms with Crippen molar-refractivity contribution in [2.24, 2.45) is 29.1 Å². The van der Waals surface area contributed by atoms with Crippen molar-refractivity contribution in [1.29, 1.82) is 0 Å². The smallest absolute Gasteiger partial charge is 0.0433 e. The van der Waals surface area contributed by atoms with Crippen molar-refractivity contribution in [3.63, 3.8) is 0 Å². The van der Waals surface area contributed by atoms with E-state index in [2.05, 4.69) is 71.1 Å². The Balaban J connectivity index is 2.51. The highest BCUT2D eigenvalue weighted by molar-refractivity contribution is 5.11. The zero-order valence-electron chi connectivity index (χ0n) is 14.5. The van der Waals surface area contributed by atoms with Crippen LogP contribution in [-0.2, 0) is 0 Å². The molecule has 0 saturated heterocycles. The maximum Gasteiger partial charge on any atom is 0.0433 e. The monoisotopic (exact) mass is 290 g/mol. The molecular formula is C20H34O. The molecule has 0 fully saturated rings. The lowest BCUT2D eigenvalue weighted by Crippen LogP contribution is -2.29. The molecule has 0 saturated carbocycles. The van der Waals surface area contributed by atoms with Gasteiger partial charge in [-0.1, -0.05) is 71.1 Å². The van der Waals surface area contributed by atoms with Crippen LogP contribution in [0.5, 0.6) is 0 Å². The molecule has 1 aliphatic rings. The number of hydrogen-bond acceptors (Lipinski definition) is 1. The van der Waals surface area contributed by atoms with Crippen molar-refractivity contribution in [2.75, 3.05) is 6.61 Å². The zero-order chi connectivity index (χ0) is 15.9. The Morgan fingerprint density at radius 3 is 2.62 bits per heavy atom. The van der Waals surface area contributed by atoms with Gasteiger partial charge in [-0.05, 0) is 48.3 Å². The number of aliphatic hydroxyl groups is 1. The molecule has 0 spiro atoms. The van der Waals surface area contributed by atoms with Crippen LogP contribution in [0.4, 0.5) is 0 Å². The van der Waals surface area contributed by atoms with E-state index >= 15 is 0 Å². The molecule has 1 rings (SSSR count). The predicted octanol–water partition coefficient (Wildman–Crippen LogP) is 5.38. The average molecular weight is 290 g/mol. The molecule has 1 heteroatoms. The summed E-state index contributed by atoms with van der Waals surface area (Å²) in [6.07, 6.45) is 17.2. The van der Waals surface area contributed by atoms with Gasteiger partial charge in [-0.3, -0.25) is 0 Å². The first-order valence-electron chi connectivity index (χ1n) is 8.49. The van der Waals surface area contributed by atoms with E-state index in [1.165, 1.54) is 6.42 Å². The Kier molecular flexibility index (Phi) is 7.45. The molecule has 1 aliphatic carbocycles. The fourth-order valence-corrected chi connectivity index (χ4v) is 3.21. The Labute approximate surface area is 131 Å². The second kappa shape index (κ2) is 8.58. The van der Waals surface area contributed by atoms with Gasteiger partial charge < -0.3 is 5.11 Å². The molecule has 2 unspecified atom stereocenters. The van der Waals surface area contributed by atoms with Gasteiger partial charge in [0.25, 0.3) is 0 Å². The Bertz CT molecular complexity index is 375. The summed E-state index contributed by atoms with van der Waals surface area (Å²) in [5.74, 6) is 2.32. The van der Waals surface area contributed by atoms with Crippen LogP contribution in [-0.4, -0.2) is 11.7 Å². The first kappa shape index (κ1) is 18.2. The van der Waals surface area contributed by atoms with E-state index in [0.717, 1.165) is 12.8 Å². The maximum atomic E-state index is 8.91. The highest BCUT2D eigenvalue weighted by atomic mass is 16.3. The fourth-order valence-electron chi connectivity index (χ4n) is 3.21. The van der Waals surface area contributed by atoms with Gasteiger partial charge >= 0.3 is 0 Å². The van der Waals surface area contributed by atoms with Gasteiger partial charge in [-0.15, -0.1) is 0 Å². The van der Waals surface area contributed by atoms with Crippen LogP contribution in [0.2, 0.25) is 0 Å². The minimum atomic E-state index is 0.298. The number of allylic oxidation sites excluding steroid dienone is 6.